The van der Waals surface area contributed by atoms with Crippen molar-refractivity contribution in [2.75, 3.05) is 38.6 Å². The van der Waals surface area contributed by atoms with Crippen molar-refractivity contribution in [1.82, 2.24) is 24.9 Å². The summed E-state index contributed by atoms with van der Waals surface area (Å²) in [7, 11) is 1.50. The van der Waals surface area contributed by atoms with Crippen molar-refractivity contribution in [2.45, 2.75) is 6.54 Å². The summed E-state index contributed by atoms with van der Waals surface area (Å²) in [5.41, 5.74) is 1.55. The number of carbonyl (C=O) groups is 1. The molecule has 1 fully saturated rings. The number of thiazole rings is 1. The standard InChI is InChI=1S/C18H18Cl2N6O3S/c1-28-15-14-16(22-10-21-15)30-17(23-14)24-18(27)29-26-4-2-25(3-5-26)9-11-6-12(19)8-13(20)7-11/h6-8,10H,2-5,9H2,1H3,(H,23,24,27). The Bertz CT molecular complexity index is 1040. The number of hydroxylamine groups is 2. The molecule has 1 aliphatic heterocycles. The van der Waals surface area contributed by atoms with E-state index in [0.717, 1.165) is 25.2 Å². The Kier molecular flexibility index (Phi) is 6.49. The number of aromatic nitrogens is 3. The predicted octanol–water partition coefficient (Wildman–Crippen LogP) is 3.68. The summed E-state index contributed by atoms with van der Waals surface area (Å²) in [5, 5.41) is 5.87. The number of methoxy groups -OCH3 is 1. The third kappa shape index (κ3) is 5.08. The van der Waals surface area contributed by atoms with Gasteiger partial charge in [0.25, 0.3) is 0 Å². The number of ether oxygens (including phenoxy) is 1. The van der Waals surface area contributed by atoms with Crippen molar-refractivity contribution in [2.24, 2.45) is 0 Å². The highest BCUT2D eigenvalue weighted by Crippen LogP contribution is 2.29. The van der Waals surface area contributed by atoms with Gasteiger partial charge in [-0.1, -0.05) is 34.5 Å². The molecule has 1 amide bonds. The lowest BCUT2D eigenvalue weighted by Crippen LogP contribution is -2.46. The zero-order valence-electron chi connectivity index (χ0n) is 16.0. The van der Waals surface area contributed by atoms with Crippen molar-refractivity contribution in [3.63, 3.8) is 0 Å². The average Bonchev–Trinajstić information content (AvgIpc) is 3.11. The van der Waals surface area contributed by atoms with Gasteiger partial charge in [-0.3, -0.25) is 10.2 Å². The quantitative estimate of drug-likeness (QED) is 0.605. The lowest BCUT2D eigenvalue weighted by atomic mass is 10.2. The topological polar surface area (TPSA) is 92.7 Å². The molecule has 0 spiro atoms. The fraction of sp³-hybridized carbons (Fsp3) is 0.333. The first-order valence-electron chi connectivity index (χ1n) is 9.07. The van der Waals surface area contributed by atoms with Crippen LogP contribution < -0.4 is 10.1 Å². The molecule has 30 heavy (non-hydrogen) atoms. The van der Waals surface area contributed by atoms with E-state index in [1.807, 2.05) is 12.1 Å². The van der Waals surface area contributed by atoms with Gasteiger partial charge in [-0.2, -0.15) is 4.98 Å². The first kappa shape index (κ1) is 21.0. The fourth-order valence-corrected chi connectivity index (χ4v) is 4.46. The van der Waals surface area contributed by atoms with Crippen molar-refractivity contribution < 1.29 is 14.4 Å². The Hall–Kier alpha value is -2.24. The highest BCUT2D eigenvalue weighted by molar-refractivity contribution is 7.22. The maximum atomic E-state index is 12.2. The number of rotatable bonds is 5. The summed E-state index contributed by atoms with van der Waals surface area (Å²) < 4.78 is 5.15. The number of hydrogen-bond donors (Lipinski definition) is 1. The highest BCUT2D eigenvalue weighted by Gasteiger charge is 2.21. The van der Waals surface area contributed by atoms with Gasteiger partial charge >= 0.3 is 6.09 Å². The van der Waals surface area contributed by atoms with Gasteiger partial charge < -0.3 is 9.57 Å². The molecule has 2 aromatic heterocycles. The van der Waals surface area contributed by atoms with Crippen LogP contribution >= 0.6 is 34.5 Å². The molecule has 1 aliphatic rings. The van der Waals surface area contributed by atoms with E-state index < -0.39 is 6.09 Å². The van der Waals surface area contributed by atoms with Gasteiger partial charge in [-0.05, 0) is 23.8 Å². The number of piperazine rings is 1. The molecule has 0 unspecified atom stereocenters. The second kappa shape index (κ2) is 9.27. The minimum absolute atomic E-state index is 0.356. The Morgan fingerprint density at radius 2 is 1.90 bits per heavy atom. The van der Waals surface area contributed by atoms with Gasteiger partial charge in [-0.25, -0.2) is 14.8 Å². The molecule has 3 aromatic rings. The van der Waals surface area contributed by atoms with E-state index in [2.05, 4.69) is 25.2 Å². The summed E-state index contributed by atoms with van der Waals surface area (Å²) in [4.78, 5) is 32.9. The monoisotopic (exact) mass is 468 g/mol. The Morgan fingerprint density at radius 3 is 2.60 bits per heavy atom. The number of nitrogens with one attached hydrogen (secondary N) is 1. The van der Waals surface area contributed by atoms with E-state index in [9.17, 15) is 4.79 Å². The van der Waals surface area contributed by atoms with Crippen LogP contribution in [0.3, 0.4) is 0 Å². The molecule has 4 rings (SSSR count). The average molecular weight is 469 g/mol. The molecule has 0 atom stereocenters. The van der Waals surface area contributed by atoms with Crippen LogP contribution in [-0.2, 0) is 11.4 Å². The normalized spacial score (nSPS) is 15.3. The van der Waals surface area contributed by atoms with E-state index in [1.54, 1.807) is 11.1 Å². The minimum atomic E-state index is -0.601. The SMILES string of the molecule is COc1ncnc2sc(NC(=O)ON3CCN(Cc4cc(Cl)cc(Cl)c4)CC3)nc12. The summed E-state index contributed by atoms with van der Waals surface area (Å²) >= 11 is 13.3. The number of anilines is 1. The molecular weight excluding hydrogens is 451 g/mol. The van der Waals surface area contributed by atoms with Crippen LogP contribution in [0.25, 0.3) is 10.3 Å². The number of amides is 1. The molecule has 0 bridgehead atoms. The first-order valence-corrected chi connectivity index (χ1v) is 10.6. The van der Waals surface area contributed by atoms with Crippen LogP contribution in [-0.4, -0.2) is 64.3 Å². The molecule has 0 saturated carbocycles. The lowest BCUT2D eigenvalue weighted by molar-refractivity contribution is -0.119. The van der Waals surface area contributed by atoms with Crippen LogP contribution in [0.1, 0.15) is 5.56 Å². The van der Waals surface area contributed by atoms with Gasteiger partial charge in [0.1, 0.15) is 6.33 Å². The third-order valence-electron chi connectivity index (χ3n) is 4.44. The molecule has 1 N–H and O–H groups in total. The van der Waals surface area contributed by atoms with Crippen LogP contribution in [0.4, 0.5) is 9.93 Å². The Labute approximate surface area is 186 Å². The maximum Gasteiger partial charge on any atom is 0.432 e. The fourth-order valence-electron chi connectivity index (χ4n) is 3.10. The maximum absolute atomic E-state index is 12.2. The minimum Gasteiger partial charge on any atom is -0.479 e. The third-order valence-corrected chi connectivity index (χ3v) is 5.75. The summed E-state index contributed by atoms with van der Waals surface area (Å²) in [6.07, 6.45) is 0.786. The number of fused-ring (bicyclic) bond motifs is 1. The zero-order valence-corrected chi connectivity index (χ0v) is 18.3. The molecule has 3 heterocycles. The highest BCUT2D eigenvalue weighted by atomic mass is 35.5. The van der Waals surface area contributed by atoms with Crippen LogP contribution in [0.2, 0.25) is 10.0 Å². The molecule has 0 aliphatic carbocycles. The van der Waals surface area contributed by atoms with Crippen molar-refractivity contribution in [3.05, 3.63) is 40.1 Å². The lowest BCUT2D eigenvalue weighted by Gasteiger charge is -2.33. The van der Waals surface area contributed by atoms with Gasteiger partial charge in [0.15, 0.2) is 15.5 Å². The molecule has 12 heteroatoms. The number of benzene rings is 1. The zero-order chi connectivity index (χ0) is 21.1. The Balaban J connectivity index is 1.28. The van der Waals surface area contributed by atoms with E-state index in [-0.39, 0.29) is 0 Å². The van der Waals surface area contributed by atoms with E-state index in [1.165, 1.54) is 24.8 Å². The predicted molar refractivity (Wildman–Crippen MR) is 115 cm³/mol. The summed E-state index contributed by atoms with van der Waals surface area (Å²) in [6.45, 7) is 3.38. The van der Waals surface area contributed by atoms with Gasteiger partial charge in [0, 0.05) is 42.8 Å². The first-order chi connectivity index (χ1) is 14.5. The second-order valence-corrected chi connectivity index (χ2v) is 8.39. The van der Waals surface area contributed by atoms with Crippen molar-refractivity contribution in [1.29, 1.82) is 0 Å². The second-order valence-electron chi connectivity index (χ2n) is 6.54. The Morgan fingerprint density at radius 1 is 1.17 bits per heavy atom. The van der Waals surface area contributed by atoms with Crippen LogP contribution in [0.5, 0.6) is 5.88 Å². The number of halogens is 2. The van der Waals surface area contributed by atoms with Crippen molar-refractivity contribution >= 4 is 56.1 Å². The van der Waals surface area contributed by atoms with Gasteiger partial charge in [0.05, 0.1) is 7.11 Å². The van der Waals surface area contributed by atoms with E-state index >= 15 is 0 Å². The van der Waals surface area contributed by atoms with Crippen LogP contribution in [0.15, 0.2) is 24.5 Å². The molecule has 0 radical (unpaired) electrons. The van der Waals surface area contributed by atoms with E-state index in [4.69, 9.17) is 32.8 Å². The smallest absolute Gasteiger partial charge is 0.432 e. The number of carbonyl (C=O) groups excluding carboxylic acids is 1. The molecule has 1 aromatic carbocycles. The number of hydrogen-bond acceptors (Lipinski definition) is 9. The van der Waals surface area contributed by atoms with Gasteiger partial charge in [0.2, 0.25) is 5.88 Å². The summed E-state index contributed by atoms with van der Waals surface area (Å²) in [6, 6.07) is 5.52. The number of nitrogens with zero attached hydrogens (tertiary/aromatic N) is 5. The van der Waals surface area contributed by atoms with Crippen molar-refractivity contribution in [3.8, 4) is 5.88 Å². The van der Waals surface area contributed by atoms with Gasteiger partial charge in [-0.15, -0.1) is 5.06 Å². The molecule has 9 nitrogen and oxygen atoms in total. The molecular formula is C18H18Cl2N6O3S. The van der Waals surface area contributed by atoms with Crippen LogP contribution in [0, 0.1) is 0 Å². The van der Waals surface area contributed by atoms with E-state index in [0.29, 0.717) is 44.5 Å². The molecule has 1 saturated heterocycles. The largest absolute Gasteiger partial charge is 0.479 e. The summed E-state index contributed by atoms with van der Waals surface area (Å²) in [5.74, 6) is 0.356. The molecule has 158 valence electrons.